The van der Waals surface area contributed by atoms with Gasteiger partial charge >= 0.3 is 0 Å². The Morgan fingerprint density at radius 3 is 0.714 bits per heavy atom. The van der Waals surface area contributed by atoms with Crippen LogP contribution in [0.2, 0.25) is 0 Å². The Hall–Kier alpha value is -0.0917. The Morgan fingerprint density at radius 1 is 0.429 bits per heavy atom. The van der Waals surface area contributed by atoms with Gasteiger partial charge in [0.1, 0.15) is 0 Å². The molecule has 0 radical (unpaired) electrons. The van der Waals surface area contributed by atoms with Gasteiger partial charge in [0.05, 0.1) is 0 Å². The molecule has 1 aromatic rings. The predicted octanol–water partition coefficient (Wildman–Crippen LogP) is 1.68. The van der Waals surface area contributed by atoms with Crippen LogP contribution in [0.3, 0.4) is 0 Å². The van der Waals surface area contributed by atoms with E-state index in [1.165, 1.54) is 0 Å². The first kappa shape index (κ1) is 6.91. The van der Waals surface area contributed by atoms with E-state index in [0.717, 1.165) is 0 Å². The molecule has 0 unspecified atom stereocenters. The molecule has 0 saturated heterocycles. The van der Waals surface area contributed by atoms with E-state index in [4.69, 9.17) is 0 Å². The average Bonchev–Trinajstić information content (AvgIpc) is 1.72. The predicted molar refractivity (Wildman–Crippen MR) is 26.4 cm³/mol. The molecular formula is C6H6W. The van der Waals surface area contributed by atoms with E-state index in [1.54, 1.807) is 0 Å². The smallest absolute Gasteiger partial charge is 0 e. The maximum absolute atomic E-state index is 2.00. The van der Waals surface area contributed by atoms with Gasteiger partial charge in [-0.05, 0) is 0 Å². The second kappa shape index (κ2) is 4.08. The van der Waals surface area contributed by atoms with Gasteiger partial charge in [0.25, 0.3) is 0 Å². The Balaban J connectivity index is 0.000000360. The molecule has 1 heteroatoms. The molecule has 0 nitrogen and oxygen atoms in total. The van der Waals surface area contributed by atoms with Crippen LogP contribution in [0.1, 0.15) is 0 Å². The van der Waals surface area contributed by atoms with Crippen LogP contribution in [0.15, 0.2) is 36.4 Å². The van der Waals surface area contributed by atoms with Crippen LogP contribution < -0.4 is 0 Å². The van der Waals surface area contributed by atoms with E-state index in [0.29, 0.717) is 0 Å². The van der Waals surface area contributed by atoms with E-state index in [1.807, 2.05) is 36.4 Å². The molecule has 1 rings (SSSR count). The van der Waals surface area contributed by atoms with E-state index in [9.17, 15) is 0 Å². The van der Waals surface area contributed by atoms with E-state index in [-0.39, 0.29) is 21.1 Å². The first-order chi connectivity index (χ1) is 3.00. The summed E-state index contributed by atoms with van der Waals surface area (Å²) in [7, 11) is 0. The van der Waals surface area contributed by atoms with Crippen molar-refractivity contribution in [3.8, 4) is 0 Å². The van der Waals surface area contributed by atoms with Gasteiger partial charge in [-0.1, -0.05) is 36.4 Å². The van der Waals surface area contributed by atoms with Gasteiger partial charge in [-0.15, -0.1) is 0 Å². The molecular weight excluding hydrogens is 256 g/mol. The van der Waals surface area contributed by atoms with Gasteiger partial charge in [-0.2, -0.15) is 0 Å². The Bertz CT molecular complexity index is 76.1. The SMILES string of the molecule is [W].c1ccccc1. The maximum Gasteiger partial charge on any atom is 0 e. The molecule has 0 saturated carbocycles. The molecule has 36 valence electrons. The summed E-state index contributed by atoms with van der Waals surface area (Å²) in [5.41, 5.74) is 0. The summed E-state index contributed by atoms with van der Waals surface area (Å²) in [5.74, 6) is 0. The Kier molecular flexibility index (Phi) is 4.02. The molecule has 0 bridgehead atoms. The van der Waals surface area contributed by atoms with Crippen molar-refractivity contribution in [2.45, 2.75) is 0 Å². The summed E-state index contributed by atoms with van der Waals surface area (Å²) in [6, 6.07) is 12.0. The Labute approximate surface area is 57.8 Å². The molecule has 0 aliphatic heterocycles. The summed E-state index contributed by atoms with van der Waals surface area (Å²) in [6.07, 6.45) is 0. The fraction of sp³-hybridized carbons (Fsp3) is 0. The first-order valence-corrected chi connectivity index (χ1v) is 2.00. The maximum atomic E-state index is 2.00. The topological polar surface area (TPSA) is 0 Å². The summed E-state index contributed by atoms with van der Waals surface area (Å²) >= 11 is 0. The summed E-state index contributed by atoms with van der Waals surface area (Å²) in [4.78, 5) is 0. The van der Waals surface area contributed by atoms with Crippen molar-refractivity contribution in [3.05, 3.63) is 36.4 Å². The summed E-state index contributed by atoms with van der Waals surface area (Å²) < 4.78 is 0. The number of hydrogen-bond donors (Lipinski definition) is 0. The van der Waals surface area contributed by atoms with Crippen molar-refractivity contribution in [2.75, 3.05) is 0 Å². The zero-order chi connectivity index (χ0) is 4.24. The minimum absolute atomic E-state index is 0. The molecule has 0 heterocycles. The second-order valence-electron chi connectivity index (χ2n) is 1.15. The van der Waals surface area contributed by atoms with E-state index >= 15 is 0 Å². The minimum Gasteiger partial charge on any atom is -0.0623 e. The monoisotopic (exact) mass is 262 g/mol. The van der Waals surface area contributed by atoms with Crippen molar-refractivity contribution < 1.29 is 21.1 Å². The van der Waals surface area contributed by atoms with E-state index < -0.39 is 0 Å². The normalized spacial score (nSPS) is 6.86. The number of benzene rings is 1. The second-order valence-corrected chi connectivity index (χ2v) is 1.15. The van der Waals surface area contributed by atoms with Gasteiger partial charge in [-0.25, -0.2) is 0 Å². The third-order valence-electron chi connectivity index (χ3n) is 0.667. The number of hydrogen-bond acceptors (Lipinski definition) is 0. The van der Waals surface area contributed by atoms with Crippen LogP contribution in [0, 0.1) is 0 Å². The van der Waals surface area contributed by atoms with E-state index in [2.05, 4.69) is 0 Å². The fourth-order valence-electron chi connectivity index (χ4n) is 0.385. The average molecular weight is 262 g/mol. The Morgan fingerprint density at radius 2 is 0.571 bits per heavy atom. The largest absolute Gasteiger partial charge is 0.0623 e. The summed E-state index contributed by atoms with van der Waals surface area (Å²) in [6.45, 7) is 0. The van der Waals surface area contributed by atoms with Gasteiger partial charge < -0.3 is 0 Å². The molecule has 0 amide bonds. The summed E-state index contributed by atoms with van der Waals surface area (Å²) in [5, 5.41) is 0. The molecule has 0 N–H and O–H groups in total. The zero-order valence-electron chi connectivity index (χ0n) is 3.87. The van der Waals surface area contributed by atoms with Gasteiger partial charge in [0.2, 0.25) is 0 Å². The molecule has 0 fully saturated rings. The van der Waals surface area contributed by atoms with Crippen LogP contribution in [0.5, 0.6) is 0 Å². The van der Waals surface area contributed by atoms with Crippen molar-refractivity contribution in [1.82, 2.24) is 0 Å². The molecule has 0 spiro atoms. The fourth-order valence-corrected chi connectivity index (χ4v) is 0.385. The standard InChI is InChI=1S/C6H6.W/c1-2-4-6-5-3-1;/h1-6H;. The van der Waals surface area contributed by atoms with Crippen LogP contribution in [0.4, 0.5) is 0 Å². The molecule has 1 aromatic carbocycles. The van der Waals surface area contributed by atoms with Gasteiger partial charge in [-0.3, -0.25) is 0 Å². The third kappa shape index (κ3) is 2.59. The molecule has 0 aromatic heterocycles. The molecule has 0 aliphatic carbocycles. The van der Waals surface area contributed by atoms with Gasteiger partial charge in [0.15, 0.2) is 0 Å². The third-order valence-corrected chi connectivity index (χ3v) is 0.667. The van der Waals surface area contributed by atoms with Crippen molar-refractivity contribution >= 4 is 0 Å². The van der Waals surface area contributed by atoms with Crippen LogP contribution in [0.25, 0.3) is 0 Å². The molecule has 0 aliphatic rings. The number of rotatable bonds is 0. The van der Waals surface area contributed by atoms with Crippen LogP contribution in [-0.2, 0) is 21.1 Å². The molecule has 7 heavy (non-hydrogen) atoms. The zero-order valence-corrected chi connectivity index (χ0v) is 6.81. The molecule has 0 atom stereocenters. The van der Waals surface area contributed by atoms with Crippen molar-refractivity contribution in [2.24, 2.45) is 0 Å². The quantitative estimate of drug-likeness (QED) is 0.667. The van der Waals surface area contributed by atoms with Crippen molar-refractivity contribution in [1.29, 1.82) is 0 Å². The van der Waals surface area contributed by atoms with Crippen molar-refractivity contribution in [3.63, 3.8) is 0 Å². The first-order valence-electron chi connectivity index (χ1n) is 2.00. The van der Waals surface area contributed by atoms with Crippen LogP contribution >= 0.6 is 0 Å². The minimum atomic E-state index is 0. The van der Waals surface area contributed by atoms with Gasteiger partial charge in [0, 0.05) is 21.1 Å². The van der Waals surface area contributed by atoms with Crippen LogP contribution in [-0.4, -0.2) is 0 Å².